The van der Waals surface area contributed by atoms with E-state index in [2.05, 4.69) is 5.32 Å². The van der Waals surface area contributed by atoms with Gasteiger partial charge in [0.05, 0.1) is 11.6 Å². The van der Waals surface area contributed by atoms with E-state index in [1.54, 1.807) is 6.07 Å². The number of benzene rings is 1. The summed E-state index contributed by atoms with van der Waals surface area (Å²) in [7, 11) is 1.89. The van der Waals surface area contributed by atoms with Gasteiger partial charge in [0.2, 0.25) is 0 Å². The molecule has 1 aromatic carbocycles. The molecule has 1 aliphatic carbocycles. The van der Waals surface area contributed by atoms with Crippen LogP contribution in [0.15, 0.2) is 18.2 Å². The molecule has 106 valence electrons. The molecule has 1 fully saturated rings. The Hall–Kier alpha value is -0.930. The van der Waals surface area contributed by atoms with E-state index >= 15 is 0 Å². The Labute approximate surface area is 115 Å². The summed E-state index contributed by atoms with van der Waals surface area (Å²) in [5.74, 6) is -0.143. The van der Waals surface area contributed by atoms with Gasteiger partial charge in [0.1, 0.15) is 5.82 Å². The summed E-state index contributed by atoms with van der Waals surface area (Å²) in [6.45, 7) is 4.68. The van der Waals surface area contributed by atoms with Crippen LogP contribution in [0.1, 0.15) is 49.8 Å². The Morgan fingerprint density at radius 3 is 2.63 bits per heavy atom. The first-order valence-electron chi connectivity index (χ1n) is 7.20. The molecule has 1 atom stereocenters. The quantitative estimate of drug-likeness (QED) is 0.875. The zero-order valence-electron chi connectivity index (χ0n) is 12.1. The highest BCUT2D eigenvalue weighted by molar-refractivity contribution is 5.29. The molecule has 0 amide bonds. The van der Waals surface area contributed by atoms with Crippen LogP contribution in [0.2, 0.25) is 0 Å². The van der Waals surface area contributed by atoms with Crippen molar-refractivity contribution in [2.24, 2.45) is 0 Å². The molecule has 2 nitrogen and oxygen atoms in total. The van der Waals surface area contributed by atoms with E-state index in [0.717, 1.165) is 36.8 Å². The molecule has 0 aliphatic heterocycles. The van der Waals surface area contributed by atoms with Crippen LogP contribution in [0, 0.1) is 12.7 Å². The van der Waals surface area contributed by atoms with Crippen LogP contribution >= 0.6 is 0 Å². The van der Waals surface area contributed by atoms with Crippen molar-refractivity contribution < 1.29 is 9.13 Å². The fourth-order valence-corrected chi connectivity index (χ4v) is 3.36. The largest absolute Gasteiger partial charge is 0.373 e. The molecule has 19 heavy (non-hydrogen) atoms. The molecule has 1 saturated carbocycles. The Kier molecular flexibility index (Phi) is 4.58. The van der Waals surface area contributed by atoms with E-state index in [4.69, 9.17) is 4.74 Å². The summed E-state index contributed by atoms with van der Waals surface area (Å²) in [6, 6.07) is 5.24. The highest BCUT2D eigenvalue weighted by Crippen LogP contribution is 2.43. The molecule has 2 rings (SSSR count). The average molecular weight is 265 g/mol. The van der Waals surface area contributed by atoms with E-state index in [-0.39, 0.29) is 17.5 Å². The highest BCUT2D eigenvalue weighted by atomic mass is 19.1. The van der Waals surface area contributed by atoms with E-state index in [9.17, 15) is 4.39 Å². The normalized spacial score (nSPS) is 19.6. The van der Waals surface area contributed by atoms with E-state index < -0.39 is 0 Å². The number of halogens is 1. The van der Waals surface area contributed by atoms with Crippen LogP contribution in [-0.4, -0.2) is 19.3 Å². The van der Waals surface area contributed by atoms with E-state index in [1.165, 1.54) is 0 Å². The van der Waals surface area contributed by atoms with E-state index in [0.29, 0.717) is 6.61 Å². The third-order valence-corrected chi connectivity index (χ3v) is 4.16. The summed E-state index contributed by atoms with van der Waals surface area (Å²) in [6.07, 6.45) is 4.32. The number of nitrogens with one attached hydrogen (secondary N) is 1. The molecule has 0 aromatic heterocycles. The van der Waals surface area contributed by atoms with Crippen molar-refractivity contribution in [2.75, 3.05) is 13.7 Å². The van der Waals surface area contributed by atoms with Gasteiger partial charge in [-0.05, 0) is 39.8 Å². The molecule has 0 radical (unpaired) electrons. The third-order valence-electron chi connectivity index (χ3n) is 4.16. The van der Waals surface area contributed by atoms with Gasteiger partial charge in [-0.15, -0.1) is 0 Å². The standard InChI is InChI=1S/C16H24FNO/c1-4-19-16(9-5-6-10-16)15(18-3)13-11-12(2)7-8-14(13)17/h7-8,11,15,18H,4-6,9-10H2,1-3H3. The lowest BCUT2D eigenvalue weighted by molar-refractivity contribution is -0.0617. The van der Waals surface area contributed by atoms with Gasteiger partial charge < -0.3 is 10.1 Å². The predicted octanol–water partition coefficient (Wildman–Crippen LogP) is 3.74. The Morgan fingerprint density at radius 1 is 1.37 bits per heavy atom. The van der Waals surface area contributed by atoms with E-state index in [1.807, 2.05) is 33.0 Å². The van der Waals surface area contributed by atoms with Crippen molar-refractivity contribution in [3.63, 3.8) is 0 Å². The fraction of sp³-hybridized carbons (Fsp3) is 0.625. The molecule has 1 N–H and O–H groups in total. The second kappa shape index (κ2) is 6.02. The van der Waals surface area contributed by atoms with Crippen LogP contribution in [0.4, 0.5) is 4.39 Å². The van der Waals surface area contributed by atoms with Crippen LogP contribution in [0.3, 0.4) is 0 Å². The fourth-order valence-electron chi connectivity index (χ4n) is 3.36. The lowest BCUT2D eigenvalue weighted by Gasteiger charge is -2.37. The number of hydrogen-bond acceptors (Lipinski definition) is 2. The van der Waals surface area contributed by atoms with Crippen LogP contribution < -0.4 is 5.32 Å². The first-order valence-corrected chi connectivity index (χ1v) is 7.20. The van der Waals surface area contributed by atoms with Gasteiger partial charge in [-0.1, -0.05) is 30.5 Å². The van der Waals surface area contributed by atoms with Gasteiger partial charge in [-0.2, -0.15) is 0 Å². The molecule has 3 heteroatoms. The third kappa shape index (κ3) is 2.82. The SMILES string of the molecule is CCOC1(C(NC)c2cc(C)ccc2F)CCCC1. The highest BCUT2D eigenvalue weighted by Gasteiger charge is 2.43. The number of aryl methyl sites for hydroxylation is 1. The topological polar surface area (TPSA) is 21.3 Å². The first-order chi connectivity index (χ1) is 9.13. The summed E-state index contributed by atoms with van der Waals surface area (Å²) < 4.78 is 20.2. The minimum atomic E-state index is -0.252. The molecule has 0 heterocycles. The summed E-state index contributed by atoms with van der Waals surface area (Å²) in [5.41, 5.74) is 1.57. The first kappa shape index (κ1) is 14.5. The van der Waals surface area contributed by atoms with Crippen molar-refractivity contribution >= 4 is 0 Å². The van der Waals surface area contributed by atoms with Gasteiger partial charge in [0, 0.05) is 12.2 Å². The van der Waals surface area contributed by atoms with Gasteiger partial charge >= 0.3 is 0 Å². The lowest BCUT2D eigenvalue weighted by Crippen LogP contribution is -2.43. The van der Waals surface area contributed by atoms with Gasteiger partial charge in [-0.3, -0.25) is 0 Å². The second-order valence-corrected chi connectivity index (χ2v) is 5.45. The molecule has 1 aromatic rings. The van der Waals surface area contributed by atoms with Crippen LogP contribution in [-0.2, 0) is 4.74 Å². The van der Waals surface area contributed by atoms with Crippen molar-refractivity contribution in [3.8, 4) is 0 Å². The molecule has 0 saturated heterocycles. The number of hydrogen-bond donors (Lipinski definition) is 1. The maximum Gasteiger partial charge on any atom is 0.128 e. The van der Waals surface area contributed by atoms with Gasteiger partial charge in [0.15, 0.2) is 0 Å². The van der Waals surface area contributed by atoms with Crippen molar-refractivity contribution in [1.82, 2.24) is 5.32 Å². The van der Waals surface area contributed by atoms with Crippen molar-refractivity contribution in [3.05, 3.63) is 35.1 Å². The summed E-state index contributed by atoms with van der Waals surface area (Å²) in [5, 5.41) is 3.29. The summed E-state index contributed by atoms with van der Waals surface area (Å²) in [4.78, 5) is 0. The average Bonchev–Trinajstić information content (AvgIpc) is 2.84. The molecule has 1 unspecified atom stereocenters. The minimum absolute atomic E-state index is 0.0742. The Morgan fingerprint density at radius 2 is 2.05 bits per heavy atom. The van der Waals surface area contributed by atoms with Crippen molar-refractivity contribution in [2.45, 2.75) is 51.2 Å². The van der Waals surface area contributed by atoms with Crippen molar-refractivity contribution in [1.29, 1.82) is 0 Å². The van der Waals surface area contributed by atoms with Crippen LogP contribution in [0.25, 0.3) is 0 Å². The maximum atomic E-state index is 14.2. The monoisotopic (exact) mass is 265 g/mol. The molecular weight excluding hydrogens is 241 g/mol. The van der Waals surface area contributed by atoms with Crippen LogP contribution in [0.5, 0.6) is 0 Å². The lowest BCUT2D eigenvalue weighted by atomic mass is 9.86. The predicted molar refractivity (Wildman–Crippen MR) is 75.8 cm³/mol. The number of ether oxygens (including phenoxy) is 1. The Bertz CT molecular complexity index is 427. The Balaban J connectivity index is 2.39. The maximum absolute atomic E-state index is 14.2. The number of likely N-dealkylation sites (N-methyl/N-ethyl adjacent to an activating group) is 1. The zero-order valence-corrected chi connectivity index (χ0v) is 12.1. The van der Waals surface area contributed by atoms with Gasteiger partial charge in [0.25, 0.3) is 0 Å². The number of rotatable bonds is 5. The molecular formula is C16H24FNO. The molecule has 1 aliphatic rings. The second-order valence-electron chi connectivity index (χ2n) is 5.45. The smallest absolute Gasteiger partial charge is 0.128 e. The molecule has 0 bridgehead atoms. The summed E-state index contributed by atoms with van der Waals surface area (Å²) >= 11 is 0. The molecule has 0 spiro atoms. The zero-order chi connectivity index (χ0) is 13.9. The van der Waals surface area contributed by atoms with Gasteiger partial charge in [-0.25, -0.2) is 4.39 Å². The minimum Gasteiger partial charge on any atom is -0.373 e.